The van der Waals surface area contributed by atoms with Crippen molar-refractivity contribution in [2.45, 2.75) is 5.92 Å². The number of benzene rings is 1. The number of aliphatic hydroxyl groups excluding tert-OH is 1. The van der Waals surface area contributed by atoms with Crippen LogP contribution in [0.15, 0.2) is 18.2 Å². The molecule has 1 radical (unpaired) electrons. The number of nitriles is 1. The molecule has 0 aliphatic carbocycles. The molecule has 0 aliphatic heterocycles. The van der Waals surface area contributed by atoms with Crippen LogP contribution < -0.4 is 0 Å². The summed E-state index contributed by atoms with van der Waals surface area (Å²) >= 11 is 5.80. The Labute approximate surface area is 82.4 Å². The van der Waals surface area contributed by atoms with Crippen molar-refractivity contribution in [3.63, 3.8) is 0 Å². The van der Waals surface area contributed by atoms with Gasteiger partial charge in [0.1, 0.15) is 6.07 Å². The van der Waals surface area contributed by atoms with Gasteiger partial charge in [-0.1, -0.05) is 23.7 Å². The van der Waals surface area contributed by atoms with Crippen LogP contribution in [0.1, 0.15) is 17.0 Å². The zero-order valence-electron chi connectivity index (χ0n) is 7.00. The van der Waals surface area contributed by atoms with Crippen molar-refractivity contribution in [3.05, 3.63) is 41.3 Å². The van der Waals surface area contributed by atoms with Crippen LogP contribution in [0.25, 0.3) is 0 Å². The van der Waals surface area contributed by atoms with Crippen molar-refractivity contribution in [2.75, 3.05) is 6.61 Å². The second kappa shape index (κ2) is 4.27. The van der Waals surface area contributed by atoms with Gasteiger partial charge in [-0.05, 0) is 18.6 Å². The Hall–Kier alpha value is -1.04. The number of aliphatic hydroxyl groups is 1. The lowest BCUT2D eigenvalue weighted by molar-refractivity contribution is 0.282. The summed E-state index contributed by atoms with van der Waals surface area (Å²) in [6.45, 7) is 3.63. The van der Waals surface area contributed by atoms with E-state index in [2.05, 4.69) is 6.92 Å². The van der Waals surface area contributed by atoms with Crippen LogP contribution >= 0.6 is 11.6 Å². The normalized spacial score (nSPS) is 12.2. The molecule has 2 nitrogen and oxygen atoms in total. The van der Waals surface area contributed by atoms with Gasteiger partial charge >= 0.3 is 0 Å². The van der Waals surface area contributed by atoms with Crippen molar-refractivity contribution in [1.29, 1.82) is 5.26 Å². The van der Waals surface area contributed by atoms with Gasteiger partial charge in [0, 0.05) is 12.5 Å². The molecular formula is C10H9ClNO. The Balaban J connectivity index is 3.22. The topological polar surface area (TPSA) is 44.0 Å². The van der Waals surface area contributed by atoms with Crippen molar-refractivity contribution < 1.29 is 5.11 Å². The molecule has 0 aromatic heterocycles. The van der Waals surface area contributed by atoms with E-state index in [1.807, 2.05) is 6.07 Å². The largest absolute Gasteiger partial charge is 0.396 e. The highest BCUT2D eigenvalue weighted by molar-refractivity contribution is 6.31. The number of hydrogen-bond acceptors (Lipinski definition) is 2. The summed E-state index contributed by atoms with van der Waals surface area (Å²) in [7, 11) is 0. The predicted molar refractivity (Wildman–Crippen MR) is 51.4 cm³/mol. The molecule has 0 aliphatic rings. The molecule has 1 N–H and O–H groups in total. The van der Waals surface area contributed by atoms with Crippen molar-refractivity contribution >= 4 is 11.6 Å². The molecular weight excluding hydrogens is 186 g/mol. The highest BCUT2D eigenvalue weighted by Gasteiger charge is 2.11. The average Bonchev–Trinajstić information content (AvgIpc) is 2.16. The molecule has 0 bridgehead atoms. The summed E-state index contributed by atoms with van der Waals surface area (Å²) in [6, 6.07) is 7.13. The van der Waals surface area contributed by atoms with Crippen molar-refractivity contribution in [2.24, 2.45) is 0 Å². The molecule has 1 rings (SSSR count). The molecule has 13 heavy (non-hydrogen) atoms. The van der Waals surface area contributed by atoms with Crippen LogP contribution in [-0.2, 0) is 0 Å². The van der Waals surface area contributed by atoms with Crippen LogP contribution in [0.2, 0.25) is 5.02 Å². The van der Waals surface area contributed by atoms with E-state index in [1.54, 1.807) is 18.2 Å². The van der Waals surface area contributed by atoms with Gasteiger partial charge in [-0.2, -0.15) is 5.26 Å². The average molecular weight is 195 g/mol. The van der Waals surface area contributed by atoms with Gasteiger partial charge < -0.3 is 5.11 Å². The molecule has 1 aromatic carbocycles. The molecule has 0 saturated carbocycles. The van der Waals surface area contributed by atoms with Gasteiger partial charge in [-0.25, -0.2) is 0 Å². The molecule has 0 fully saturated rings. The van der Waals surface area contributed by atoms with E-state index < -0.39 is 0 Å². The summed E-state index contributed by atoms with van der Waals surface area (Å²) in [5.74, 6) is -0.298. The van der Waals surface area contributed by atoms with Crippen LogP contribution in [-0.4, -0.2) is 11.7 Å². The van der Waals surface area contributed by atoms with Gasteiger partial charge in [0.25, 0.3) is 0 Å². The third kappa shape index (κ3) is 2.00. The van der Waals surface area contributed by atoms with Crippen LogP contribution in [0.3, 0.4) is 0 Å². The minimum atomic E-state index is -0.298. The van der Waals surface area contributed by atoms with Crippen molar-refractivity contribution in [3.8, 4) is 6.07 Å². The van der Waals surface area contributed by atoms with Gasteiger partial charge in [-0.15, -0.1) is 0 Å². The molecule has 0 heterocycles. The number of hydrogen-bond donors (Lipinski definition) is 1. The van der Waals surface area contributed by atoms with E-state index in [9.17, 15) is 0 Å². The second-order valence-electron chi connectivity index (χ2n) is 2.70. The lowest BCUT2D eigenvalue weighted by atomic mass is 9.97. The lowest BCUT2D eigenvalue weighted by Gasteiger charge is -2.10. The quantitative estimate of drug-likeness (QED) is 0.784. The fraction of sp³-hybridized carbons (Fsp3) is 0.200. The predicted octanol–water partition coefficient (Wildman–Crippen LogP) is 2.12. The fourth-order valence-electron chi connectivity index (χ4n) is 1.10. The fourth-order valence-corrected chi connectivity index (χ4v) is 1.32. The van der Waals surface area contributed by atoms with E-state index >= 15 is 0 Å². The summed E-state index contributed by atoms with van der Waals surface area (Å²) in [5.41, 5.74) is 1.09. The van der Waals surface area contributed by atoms with Gasteiger partial charge in [-0.3, -0.25) is 0 Å². The monoisotopic (exact) mass is 194 g/mol. The van der Waals surface area contributed by atoms with Crippen LogP contribution in [0.4, 0.5) is 0 Å². The lowest BCUT2D eigenvalue weighted by Crippen LogP contribution is -2.02. The zero-order valence-corrected chi connectivity index (χ0v) is 7.75. The molecule has 0 spiro atoms. The first-order chi connectivity index (χ1) is 6.20. The summed E-state index contributed by atoms with van der Waals surface area (Å²) in [4.78, 5) is 0. The number of nitrogens with zero attached hydrogens (tertiary/aromatic N) is 1. The molecule has 3 heteroatoms. The van der Waals surface area contributed by atoms with Crippen LogP contribution in [0, 0.1) is 18.3 Å². The first-order valence-electron chi connectivity index (χ1n) is 3.83. The minimum absolute atomic E-state index is 0.0883. The Bertz CT molecular complexity index is 343. The maximum Gasteiger partial charge on any atom is 0.101 e. The Morgan fingerprint density at radius 1 is 1.62 bits per heavy atom. The molecule has 1 atom stereocenters. The summed E-state index contributed by atoms with van der Waals surface area (Å²) < 4.78 is 0. The Morgan fingerprint density at radius 2 is 2.31 bits per heavy atom. The van der Waals surface area contributed by atoms with E-state index in [4.69, 9.17) is 22.0 Å². The summed E-state index contributed by atoms with van der Waals surface area (Å²) in [6.07, 6.45) is 0. The number of halogens is 1. The standard InChI is InChI=1S/C10H9ClNO/c1-7(6-13)8-3-2-4-10(11)9(8)5-12/h2-4,7,13H,1,6H2. The maximum absolute atomic E-state index is 8.88. The number of rotatable bonds is 2. The first-order valence-corrected chi connectivity index (χ1v) is 4.21. The molecule has 0 amide bonds. The minimum Gasteiger partial charge on any atom is -0.396 e. The maximum atomic E-state index is 8.88. The highest BCUT2D eigenvalue weighted by Crippen LogP contribution is 2.24. The van der Waals surface area contributed by atoms with E-state index in [-0.39, 0.29) is 12.5 Å². The molecule has 67 valence electrons. The smallest absolute Gasteiger partial charge is 0.101 e. The molecule has 1 unspecified atom stereocenters. The van der Waals surface area contributed by atoms with Gasteiger partial charge in [0.15, 0.2) is 0 Å². The third-order valence-electron chi connectivity index (χ3n) is 1.82. The highest BCUT2D eigenvalue weighted by atomic mass is 35.5. The first kappa shape index (κ1) is 10.0. The molecule has 0 saturated heterocycles. The Kier molecular flexibility index (Phi) is 3.30. The summed E-state index contributed by atoms with van der Waals surface area (Å²) in [5, 5.41) is 18.1. The van der Waals surface area contributed by atoms with Gasteiger partial charge in [0.05, 0.1) is 10.6 Å². The zero-order chi connectivity index (χ0) is 9.84. The molecule has 1 aromatic rings. The van der Waals surface area contributed by atoms with Gasteiger partial charge in [0.2, 0.25) is 0 Å². The second-order valence-corrected chi connectivity index (χ2v) is 3.10. The van der Waals surface area contributed by atoms with E-state index in [1.165, 1.54) is 0 Å². The Morgan fingerprint density at radius 3 is 2.85 bits per heavy atom. The SMILES string of the molecule is [CH2]C(CO)c1cccc(Cl)c1C#N. The third-order valence-corrected chi connectivity index (χ3v) is 2.13. The van der Waals surface area contributed by atoms with Crippen molar-refractivity contribution in [1.82, 2.24) is 0 Å². The van der Waals surface area contributed by atoms with Crippen LogP contribution in [0.5, 0.6) is 0 Å². The van der Waals surface area contributed by atoms with E-state index in [0.29, 0.717) is 16.1 Å². The van der Waals surface area contributed by atoms with E-state index in [0.717, 1.165) is 0 Å².